The van der Waals surface area contributed by atoms with Crippen LogP contribution in [0.4, 0.5) is 0 Å². The van der Waals surface area contributed by atoms with Gasteiger partial charge in [-0.05, 0) is 44.8 Å². The molecule has 4 heteroatoms. The average molecular weight is 297 g/mol. The molecular weight excluding hydrogens is 262 g/mol. The molecule has 0 aromatic heterocycles. The first-order valence-corrected chi connectivity index (χ1v) is 8.88. The van der Waals surface area contributed by atoms with Crippen LogP contribution in [0.1, 0.15) is 59.3 Å². The summed E-state index contributed by atoms with van der Waals surface area (Å²) in [4.78, 5) is 16.9. The molecule has 0 saturated carbocycles. The highest BCUT2D eigenvalue weighted by molar-refractivity contribution is 5.76. The first kappa shape index (κ1) is 18.4. The highest BCUT2D eigenvalue weighted by atomic mass is 16.2. The van der Waals surface area contributed by atoms with Gasteiger partial charge in [0, 0.05) is 25.6 Å². The maximum absolute atomic E-state index is 12.4. The molecule has 4 nitrogen and oxygen atoms in total. The fourth-order valence-electron chi connectivity index (χ4n) is 3.57. The Hall–Kier alpha value is -0.610. The molecule has 2 atom stereocenters. The van der Waals surface area contributed by atoms with Crippen molar-refractivity contribution < 1.29 is 4.79 Å². The maximum Gasteiger partial charge on any atom is 0.222 e. The third kappa shape index (κ3) is 5.95. The number of likely N-dealkylation sites (N-methyl/N-ethyl adjacent to an activating group) is 1. The Labute approximate surface area is 131 Å². The summed E-state index contributed by atoms with van der Waals surface area (Å²) in [5.74, 6) is 0.980. The number of nitrogens with two attached hydrogens (primary N) is 1. The summed E-state index contributed by atoms with van der Waals surface area (Å²) in [5.41, 5.74) is 5.67. The normalized spacial score (nSPS) is 20.2. The van der Waals surface area contributed by atoms with E-state index in [1.807, 2.05) is 0 Å². The third-order valence-corrected chi connectivity index (χ3v) is 4.88. The van der Waals surface area contributed by atoms with E-state index in [9.17, 15) is 4.79 Å². The first-order valence-electron chi connectivity index (χ1n) is 8.88. The van der Waals surface area contributed by atoms with Gasteiger partial charge in [-0.15, -0.1) is 0 Å². The minimum Gasteiger partial charge on any atom is -0.341 e. The van der Waals surface area contributed by atoms with Gasteiger partial charge in [-0.1, -0.05) is 33.6 Å². The van der Waals surface area contributed by atoms with Crippen LogP contribution in [0, 0.1) is 5.92 Å². The molecule has 0 aliphatic carbocycles. The molecule has 1 heterocycles. The number of nitrogens with zero attached hydrogens (tertiary/aromatic N) is 2. The monoisotopic (exact) mass is 297 g/mol. The summed E-state index contributed by atoms with van der Waals surface area (Å²) in [6.07, 6.45) is 6.29. The molecular formula is C17H35N3O. The highest BCUT2D eigenvalue weighted by Gasteiger charge is 2.29. The van der Waals surface area contributed by atoms with Crippen molar-refractivity contribution in [1.29, 1.82) is 0 Å². The van der Waals surface area contributed by atoms with Crippen molar-refractivity contribution in [2.45, 2.75) is 65.3 Å². The van der Waals surface area contributed by atoms with Gasteiger partial charge in [0.1, 0.15) is 0 Å². The van der Waals surface area contributed by atoms with Crippen LogP contribution < -0.4 is 5.73 Å². The average Bonchev–Trinajstić information content (AvgIpc) is 2.96. The van der Waals surface area contributed by atoms with Gasteiger partial charge in [-0.25, -0.2) is 0 Å². The SMILES string of the molecule is CCCC(CCN)CCC(=O)N1CCC(N(CC)CC)C1. The molecule has 1 amide bonds. The molecule has 0 spiro atoms. The lowest BCUT2D eigenvalue weighted by Crippen LogP contribution is -2.38. The molecule has 0 aromatic rings. The van der Waals surface area contributed by atoms with Gasteiger partial charge >= 0.3 is 0 Å². The first-order chi connectivity index (χ1) is 10.2. The van der Waals surface area contributed by atoms with Crippen LogP contribution in [0.5, 0.6) is 0 Å². The minimum atomic E-state index is 0.350. The summed E-state index contributed by atoms with van der Waals surface area (Å²) < 4.78 is 0. The van der Waals surface area contributed by atoms with E-state index in [2.05, 4.69) is 30.6 Å². The van der Waals surface area contributed by atoms with E-state index in [0.717, 1.165) is 52.0 Å². The summed E-state index contributed by atoms with van der Waals surface area (Å²) in [6, 6.07) is 0.569. The van der Waals surface area contributed by atoms with Crippen molar-refractivity contribution in [3.05, 3.63) is 0 Å². The molecule has 1 aliphatic rings. The molecule has 1 saturated heterocycles. The quantitative estimate of drug-likeness (QED) is 0.674. The predicted octanol–water partition coefficient (Wildman–Crippen LogP) is 2.47. The lowest BCUT2D eigenvalue weighted by molar-refractivity contribution is -0.130. The zero-order valence-electron chi connectivity index (χ0n) is 14.3. The van der Waals surface area contributed by atoms with Crippen LogP contribution in [-0.4, -0.2) is 54.5 Å². The molecule has 0 radical (unpaired) electrons. The molecule has 2 unspecified atom stereocenters. The van der Waals surface area contributed by atoms with Gasteiger partial charge in [0.05, 0.1) is 0 Å². The Morgan fingerprint density at radius 2 is 1.95 bits per heavy atom. The number of carbonyl (C=O) groups is 1. The number of carbonyl (C=O) groups excluding carboxylic acids is 1. The van der Waals surface area contributed by atoms with Crippen molar-refractivity contribution in [3.8, 4) is 0 Å². The van der Waals surface area contributed by atoms with Gasteiger partial charge in [-0.2, -0.15) is 0 Å². The Bertz CT molecular complexity index is 286. The van der Waals surface area contributed by atoms with Gasteiger partial charge in [-0.3, -0.25) is 9.69 Å². The molecule has 124 valence electrons. The summed E-state index contributed by atoms with van der Waals surface area (Å²) >= 11 is 0. The van der Waals surface area contributed by atoms with Crippen molar-refractivity contribution in [3.63, 3.8) is 0 Å². The molecule has 21 heavy (non-hydrogen) atoms. The second-order valence-corrected chi connectivity index (χ2v) is 6.27. The standard InChI is InChI=1S/C17H35N3O/c1-4-7-15(10-12-18)8-9-17(21)20-13-11-16(14-20)19(5-2)6-3/h15-16H,4-14,18H2,1-3H3. The lowest BCUT2D eigenvalue weighted by atomic mass is 9.94. The number of rotatable bonds is 10. The van der Waals surface area contributed by atoms with Crippen molar-refractivity contribution >= 4 is 5.91 Å². The Kier molecular flexibility index (Phi) is 8.93. The zero-order valence-corrected chi connectivity index (χ0v) is 14.3. The van der Waals surface area contributed by atoms with E-state index >= 15 is 0 Å². The van der Waals surface area contributed by atoms with Crippen LogP contribution >= 0.6 is 0 Å². The third-order valence-electron chi connectivity index (χ3n) is 4.88. The molecule has 1 fully saturated rings. The second kappa shape index (κ2) is 10.2. The lowest BCUT2D eigenvalue weighted by Gasteiger charge is -2.26. The number of likely N-dealkylation sites (tertiary alicyclic amines) is 1. The van der Waals surface area contributed by atoms with Crippen LogP contribution in [0.2, 0.25) is 0 Å². The van der Waals surface area contributed by atoms with E-state index < -0.39 is 0 Å². The number of hydrogen-bond donors (Lipinski definition) is 1. The van der Waals surface area contributed by atoms with E-state index in [1.165, 1.54) is 12.8 Å². The zero-order chi connectivity index (χ0) is 15.7. The van der Waals surface area contributed by atoms with Crippen LogP contribution in [0.25, 0.3) is 0 Å². The highest BCUT2D eigenvalue weighted by Crippen LogP contribution is 2.20. The molecule has 2 N–H and O–H groups in total. The summed E-state index contributed by atoms with van der Waals surface area (Å²) in [5, 5.41) is 0. The summed E-state index contributed by atoms with van der Waals surface area (Å²) in [7, 11) is 0. The van der Waals surface area contributed by atoms with Crippen molar-refractivity contribution in [2.24, 2.45) is 11.7 Å². The van der Waals surface area contributed by atoms with Gasteiger partial charge in [0.25, 0.3) is 0 Å². The minimum absolute atomic E-state index is 0.350. The fourth-order valence-corrected chi connectivity index (χ4v) is 3.57. The Morgan fingerprint density at radius 1 is 1.24 bits per heavy atom. The number of hydrogen-bond acceptors (Lipinski definition) is 3. The fraction of sp³-hybridized carbons (Fsp3) is 0.941. The maximum atomic E-state index is 12.4. The van der Waals surface area contributed by atoms with E-state index in [1.54, 1.807) is 0 Å². The van der Waals surface area contributed by atoms with Crippen LogP contribution in [0.3, 0.4) is 0 Å². The Balaban J connectivity index is 2.36. The molecule has 0 aromatic carbocycles. The van der Waals surface area contributed by atoms with Crippen LogP contribution in [0.15, 0.2) is 0 Å². The smallest absolute Gasteiger partial charge is 0.222 e. The molecule has 1 rings (SSSR count). The Morgan fingerprint density at radius 3 is 2.52 bits per heavy atom. The second-order valence-electron chi connectivity index (χ2n) is 6.27. The number of amides is 1. The van der Waals surface area contributed by atoms with E-state index in [-0.39, 0.29) is 0 Å². The summed E-state index contributed by atoms with van der Waals surface area (Å²) in [6.45, 7) is 11.4. The van der Waals surface area contributed by atoms with Gasteiger partial charge in [0.2, 0.25) is 5.91 Å². The topological polar surface area (TPSA) is 49.6 Å². The molecule has 0 bridgehead atoms. The van der Waals surface area contributed by atoms with Crippen LogP contribution in [-0.2, 0) is 4.79 Å². The largest absolute Gasteiger partial charge is 0.341 e. The van der Waals surface area contributed by atoms with Crippen molar-refractivity contribution in [1.82, 2.24) is 9.80 Å². The van der Waals surface area contributed by atoms with E-state index in [0.29, 0.717) is 24.3 Å². The predicted molar refractivity (Wildman–Crippen MR) is 89.2 cm³/mol. The van der Waals surface area contributed by atoms with E-state index in [4.69, 9.17) is 5.73 Å². The van der Waals surface area contributed by atoms with Gasteiger partial charge < -0.3 is 10.6 Å². The molecule has 1 aliphatic heterocycles. The van der Waals surface area contributed by atoms with Crippen molar-refractivity contribution in [2.75, 3.05) is 32.7 Å². The van der Waals surface area contributed by atoms with Gasteiger partial charge in [0.15, 0.2) is 0 Å².